The average Bonchev–Trinajstić information content (AvgIpc) is 2.31. The van der Waals surface area contributed by atoms with E-state index in [1.807, 2.05) is 19.1 Å². The van der Waals surface area contributed by atoms with E-state index in [0.717, 1.165) is 16.5 Å². The van der Waals surface area contributed by atoms with Gasteiger partial charge in [-0.25, -0.2) is 0 Å². The topological polar surface area (TPSA) is 49.3 Å². The van der Waals surface area contributed by atoms with E-state index in [4.69, 9.17) is 11.6 Å². The second kappa shape index (κ2) is 6.55. The maximum absolute atomic E-state index is 11.3. The number of hydrogen-bond acceptors (Lipinski definition) is 2. The Labute approximate surface area is 121 Å². The average molecular weight is 335 g/mol. The predicted molar refractivity (Wildman–Crippen MR) is 76.9 cm³/mol. The third-order valence-electron chi connectivity index (χ3n) is 2.89. The number of carboxylic acid groups (broad SMARTS) is 1. The monoisotopic (exact) mass is 333 g/mol. The van der Waals surface area contributed by atoms with Gasteiger partial charge in [0, 0.05) is 11.0 Å². The Morgan fingerprint density at radius 2 is 2.22 bits per heavy atom. The fourth-order valence-electron chi connectivity index (χ4n) is 1.72. The molecule has 1 unspecified atom stereocenters. The van der Waals surface area contributed by atoms with Gasteiger partial charge in [0.25, 0.3) is 0 Å². The van der Waals surface area contributed by atoms with Crippen molar-refractivity contribution in [1.82, 2.24) is 5.32 Å². The molecule has 0 fully saturated rings. The van der Waals surface area contributed by atoms with Crippen LogP contribution in [0.5, 0.6) is 0 Å². The van der Waals surface area contributed by atoms with Gasteiger partial charge in [-0.2, -0.15) is 0 Å². The summed E-state index contributed by atoms with van der Waals surface area (Å²) < 4.78 is 0.816. The summed E-state index contributed by atoms with van der Waals surface area (Å²) in [5.41, 5.74) is 0.107. The zero-order valence-electron chi connectivity index (χ0n) is 10.5. The van der Waals surface area contributed by atoms with Gasteiger partial charge in [-0.3, -0.25) is 10.1 Å². The minimum absolute atomic E-state index is 0.499. The van der Waals surface area contributed by atoms with E-state index in [1.54, 1.807) is 13.0 Å². The number of halogens is 2. The van der Waals surface area contributed by atoms with Crippen LogP contribution in [0.2, 0.25) is 5.02 Å². The first-order valence-corrected chi connectivity index (χ1v) is 6.98. The van der Waals surface area contributed by atoms with Crippen molar-refractivity contribution in [2.24, 2.45) is 0 Å². The van der Waals surface area contributed by atoms with Crippen LogP contribution < -0.4 is 5.32 Å². The number of carboxylic acids is 1. The normalized spacial score (nSPS) is 14.2. The molecule has 0 saturated carbocycles. The molecule has 0 saturated heterocycles. The number of nitrogens with one attached hydrogen (secondary N) is 1. The first-order valence-electron chi connectivity index (χ1n) is 5.81. The van der Waals surface area contributed by atoms with Crippen LogP contribution in [0.3, 0.4) is 0 Å². The number of hydrogen-bond donors (Lipinski definition) is 2. The maximum atomic E-state index is 11.3. The molecule has 3 nitrogen and oxygen atoms in total. The van der Waals surface area contributed by atoms with Gasteiger partial charge in [-0.05, 0) is 47.0 Å². The van der Waals surface area contributed by atoms with E-state index in [9.17, 15) is 9.90 Å². The molecular weight excluding hydrogens is 318 g/mol. The smallest absolute Gasteiger partial charge is 0.323 e. The van der Waals surface area contributed by atoms with E-state index in [1.165, 1.54) is 0 Å². The van der Waals surface area contributed by atoms with E-state index in [0.29, 0.717) is 18.0 Å². The molecule has 0 aliphatic rings. The van der Waals surface area contributed by atoms with Gasteiger partial charge < -0.3 is 5.11 Å². The summed E-state index contributed by atoms with van der Waals surface area (Å²) >= 11 is 9.26. The summed E-state index contributed by atoms with van der Waals surface area (Å²) in [6, 6.07) is 5.57. The fourth-order valence-corrected chi connectivity index (χ4v) is 2.26. The maximum Gasteiger partial charge on any atom is 0.323 e. The van der Waals surface area contributed by atoms with Crippen molar-refractivity contribution in [2.75, 3.05) is 0 Å². The first-order chi connectivity index (χ1) is 8.39. The molecule has 100 valence electrons. The molecule has 1 atom stereocenters. The largest absolute Gasteiger partial charge is 0.480 e. The highest BCUT2D eigenvalue weighted by Gasteiger charge is 2.31. The lowest BCUT2D eigenvalue weighted by atomic mass is 9.96. The van der Waals surface area contributed by atoms with E-state index < -0.39 is 11.5 Å². The first kappa shape index (κ1) is 15.5. The molecule has 0 spiro atoms. The molecule has 5 heteroatoms. The molecule has 0 heterocycles. The molecule has 0 radical (unpaired) electrons. The van der Waals surface area contributed by atoms with Crippen molar-refractivity contribution in [3.63, 3.8) is 0 Å². The van der Waals surface area contributed by atoms with Crippen LogP contribution in [0.1, 0.15) is 32.3 Å². The third kappa shape index (κ3) is 3.97. The second-order valence-electron chi connectivity index (χ2n) is 4.49. The van der Waals surface area contributed by atoms with E-state index in [-0.39, 0.29) is 0 Å². The Kier molecular flexibility index (Phi) is 5.63. The Morgan fingerprint density at radius 1 is 1.56 bits per heavy atom. The lowest BCUT2D eigenvalue weighted by Gasteiger charge is -2.26. The molecule has 1 aromatic carbocycles. The van der Waals surface area contributed by atoms with Crippen LogP contribution in [-0.2, 0) is 11.3 Å². The van der Waals surface area contributed by atoms with Gasteiger partial charge in [0.2, 0.25) is 0 Å². The van der Waals surface area contributed by atoms with Crippen molar-refractivity contribution in [2.45, 2.75) is 38.8 Å². The second-order valence-corrected chi connectivity index (χ2v) is 5.75. The number of aliphatic carboxylic acids is 1. The molecule has 0 aliphatic heterocycles. The van der Waals surface area contributed by atoms with Crippen LogP contribution >= 0.6 is 27.5 Å². The lowest BCUT2D eigenvalue weighted by molar-refractivity contribution is -0.144. The van der Waals surface area contributed by atoms with Crippen molar-refractivity contribution in [3.05, 3.63) is 33.3 Å². The van der Waals surface area contributed by atoms with Gasteiger partial charge in [-0.1, -0.05) is 31.0 Å². The van der Waals surface area contributed by atoms with Crippen LogP contribution in [0.15, 0.2) is 22.7 Å². The summed E-state index contributed by atoms with van der Waals surface area (Å²) in [5, 5.41) is 13.0. The fraction of sp³-hybridized carbons (Fsp3) is 0.462. The summed E-state index contributed by atoms with van der Waals surface area (Å²) in [7, 11) is 0. The number of rotatable bonds is 6. The SMILES string of the molecule is CCCC(C)(NCc1ccc(Cl)c(Br)c1)C(=O)O. The highest BCUT2D eigenvalue weighted by Crippen LogP contribution is 2.23. The summed E-state index contributed by atoms with van der Waals surface area (Å²) in [4.78, 5) is 11.3. The molecule has 0 aliphatic carbocycles. The standard InChI is InChI=1S/C13H17BrClNO2/c1-3-6-13(2,12(17)18)16-8-9-4-5-11(15)10(14)7-9/h4-5,7,16H,3,6,8H2,1-2H3,(H,17,18). The molecule has 18 heavy (non-hydrogen) atoms. The van der Waals surface area contributed by atoms with Crippen LogP contribution in [0, 0.1) is 0 Å². The Bertz CT molecular complexity index is 439. The van der Waals surface area contributed by atoms with Crippen molar-refractivity contribution < 1.29 is 9.90 Å². The lowest BCUT2D eigenvalue weighted by Crippen LogP contribution is -2.48. The Hall–Kier alpha value is -0.580. The van der Waals surface area contributed by atoms with Crippen LogP contribution in [0.4, 0.5) is 0 Å². The zero-order valence-corrected chi connectivity index (χ0v) is 12.8. The van der Waals surface area contributed by atoms with Gasteiger partial charge in [0.1, 0.15) is 5.54 Å². The predicted octanol–water partition coefficient (Wildman–Crippen LogP) is 3.84. The highest BCUT2D eigenvalue weighted by atomic mass is 79.9. The van der Waals surface area contributed by atoms with Crippen molar-refractivity contribution in [3.8, 4) is 0 Å². The highest BCUT2D eigenvalue weighted by molar-refractivity contribution is 9.10. The van der Waals surface area contributed by atoms with Crippen molar-refractivity contribution >= 4 is 33.5 Å². The molecule has 0 bridgehead atoms. The Morgan fingerprint density at radius 3 is 2.72 bits per heavy atom. The summed E-state index contributed by atoms with van der Waals surface area (Å²) in [5.74, 6) is -0.822. The summed E-state index contributed by atoms with van der Waals surface area (Å²) in [6.07, 6.45) is 1.41. The zero-order chi connectivity index (χ0) is 13.8. The molecular formula is C13H17BrClNO2. The molecule has 1 rings (SSSR count). The van der Waals surface area contributed by atoms with Crippen LogP contribution in [-0.4, -0.2) is 16.6 Å². The third-order valence-corrected chi connectivity index (χ3v) is 4.10. The molecule has 0 amide bonds. The van der Waals surface area contributed by atoms with Gasteiger partial charge >= 0.3 is 5.97 Å². The van der Waals surface area contributed by atoms with Gasteiger partial charge in [-0.15, -0.1) is 0 Å². The quantitative estimate of drug-likeness (QED) is 0.831. The molecule has 0 aromatic heterocycles. The van der Waals surface area contributed by atoms with Crippen LogP contribution in [0.25, 0.3) is 0 Å². The minimum Gasteiger partial charge on any atom is -0.480 e. The number of carbonyl (C=O) groups is 1. The van der Waals surface area contributed by atoms with Crippen molar-refractivity contribution in [1.29, 1.82) is 0 Å². The van der Waals surface area contributed by atoms with Gasteiger partial charge in [0.15, 0.2) is 0 Å². The molecule has 1 aromatic rings. The minimum atomic E-state index is -0.888. The van der Waals surface area contributed by atoms with E-state index >= 15 is 0 Å². The van der Waals surface area contributed by atoms with Gasteiger partial charge in [0.05, 0.1) is 5.02 Å². The number of benzene rings is 1. The Balaban J connectivity index is 2.73. The summed E-state index contributed by atoms with van der Waals surface area (Å²) in [6.45, 7) is 4.18. The molecule has 2 N–H and O–H groups in total. The van der Waals surface area contributed by atoms with E-state index in [2.05, 4.69) is 21.2 Å².